The van der Waals surface area contributed by atoms with Gasteiger partial charge in [-0.2, -0.15) is 5.10 Å². The molecule has 0 spiro atoms. The Bertz CT molecular complexity index is 897. The molecule has 0 saturated carbocycles. The Morgan fingerprint density at radius 3 is 2.30 bits per heavy atom. The average molecular weight is 367 g/mol. The molecule has 27 heavy (non-hydrogen) atoms. The van der Waals surface area contributed by atoms with E-state index in [9.17, 15) is 4.79 Å². The molecule has 7 nitrogen and oxygen atoms in total. The molecule has 0 atom stereocenters. The molecule has 0 radical (unpaired) electrons. The smallest absolute Gasteiger partial charge is 0.257 e. The van der Waals surface area contributed by atoms with Crippen molar-refractivity contribution in [3.05, 3.63) is 65.9 Å². The number of ether oxygens (including phenoxy) is 3. The van der Waals surface area contributed by atoms with Crippen molar-refractivity contribution in [3.63, 3.8) is 0 Å². The van der Waals surface area contributed by atoms with Gasteiger partial charge < -0.3 is 19.5 Å². The molecule has 0 aliphatic heterocycles. The van der Waals surface area contributed by atoms with Crippen molar-refractivity contribution in [3.8, 4) is 17.2 Å². The molecule has 0 saturated heterocycles. The lowest BCUT2D eigenvalue weighted by atomic mass is 10.1. The summed E-state index contributed by atoms with van der Waals surface area (Å²) in [5.74, 6) is 1.41. The maximum Gasteiger partial charge on any atom is 0.257 e. The predicted octanol–water partition coefficient (Wildman–Crippen LogP) is 3.27. The number of rotatable bonds is 7. The van der Waals surface area contributed by atoms with Crippen molar-refractivity contribution in [2.75, 3.05) is 19.5 Å². The Balaban J connectivity index is 1.83. The van der Waals surface area contributed by atoms with Gasteiger partial charge in [0.1, 0.15) is 6.61 Å². The molecule has 0 fully saturated rings. The minimum Gasteiger partial charge on any atom is -0.493 e. The summed E-state index contributed by atoms with van der Waals surface area (Å²) in [4.78, 5) is 12.5. The van der Waals surface area contributed by atoms with Crippen LogP contribution in [0.25, 0.3) is 0 Å². The molecule has 1 amide bonds. The number of amides is 1. The van der Waals surface area contributed by atoms with Crippen LogP contribution in [0.5, 0.6) is 17.2 Å². The van der Waals surface area contributed by atoms with Gasteiger partial charge in [0.25, 0.3) is 5.91 Å². The fourth-order valence-corrected chi connectivity index (χ4v) is 2.55. The van der Waals surface area contributed by atoms with E-state index in [0.29, 0.717) is 35.2 Å². The van der Waals surface area contributed by atoms with Crippen LogP contribution in [-0.4, -0.2) is 29.9 Å². The van der Waals surface area contributed by atoms with Gasteiger partial charge in [0.05, 0.1) is 14.2 Å². The minimum absolute atomic E-state index is 0.320. The number of methoxy groups -OCH3 is 2. The number of anilines is 1. The van der Waals surface area contributed by atoms with Crippen molar-refractivity contribution >= 4 is 11.7 Å². The summed E-state index contributed by atoms with van der Waals surface area (Å²) in [7, 11) is 4.82. The molecule has 140 valence electrons. The van der Waals surface area contributed by atoms with Crippen molar-refractivity contribution < 1.29 is 19.0 Å². The van der Waals surface area contributed by atoms with Gasteiger partial charge in [-0.1, -0.05) is 30.3 Å². The third kappa shape index (κ3) is 4.38. The number of aryl methyl sites for hydroxylation is 1. The average Bonchev–Trinajstić information content (AvgIpc) is 3.10. The van der Waals surface area contributed by atoms with Gasteiger partial charge in [-0.25, -0.2) is 0 Å². The number of benzene rings is 2. The molecule has 1 heterocycles. The Morgan fingerprint density at radius 2 is 1.74 bits per heavy atom. The number of hydrogen-bond donors (Lipinski definition) is 1. The first-order chi connectivity index (χ1) is 13.1. The van der Waals surface area contributed by atoms with Crippen LogP contribution in [0.2, 0.25) is 0 Å². The molecule has 0 aliphatic carbocycles. The lowest BCUT2D eigenvalue weighted by Gasteiger charge is -2.16. The lowest BCUT2D eigenvalue weighted by molar-refractivity contribution is 0.102. The van der Waals surface area contributed by atoms with E-state index in [1.54, 1.807) is 36.1 Å². The van der Waals surface area contributed by atoms with Gasteiger partial charge in [0.15, 0.2) is 17.3 Å². The van der Waals surface area contributed by atoms with Crippen LogP contribution >= 0.6 is 0 Å². The number of carbonyl (C=O) groups excluding carboxylic acids is 1. The molecule has 2 aromatic carbocycles. The third-order valence-electron chi connectivity index (χ3n) is 3.90. The summed E-state index contributed by atoms with van der Waals surface area (Å²) in [6, 6.07) is 14.7. The first-order valence-corrected chi connectivity index (χ1v) is 8.34. The second kappa shape index (κ2) is 8.27. The van der Waals surface area contributed by atoms with Crippen LogP contribution in [0.3, 0.4) is 0 Å². The van der Waals surface area contributed by atoms with E-state index < -0.39 is 0 Å². The summed E-state index contributed by atoms with van der Waals surface area (Å²) in [6.45, 7) is 0.354. The Morgan fingerprint density at radius 1 is 1.07 bits per heavy atom. The molecule has 7 heteroatoms. The van der Waals surface area contributed by atoms with Crippen molar-refractivity contribution in [1.82, 2.24) is 9.78 Å². The maximum absolute atomic E-state index is 12.5. The van der Waals surface area contributed by atoms with Crippen LogP contribution in [-0.2, 0) is 13.7 Å². The summed E-state index contributed by atoms with van der Waals surface area (Å²) in [5.41, 5.74) is 1.39. The number of nitrogens with one attached hydrogen (secondary N) is 1. The van der Waals surface area contributed by atoms with Crippen molar-refractivity contribution in [2.45, 2.75) is 6.61 Å². The Kier molecular flexibility index (Phi) is 5.61. The van der Waals surface area contributed by atoms with Gasteiger partial charge in [0.2, 0.25) is 5.75 Å². The molecular weight excluding hydrogens is 346 g/mol. The van der Waals surface area contributed by atoms with Gasteiger partial charge >= 0.3 is 0 Å². The standard InChI is InChI=1S/C20H21N3O4/c1-23-10-9-18(22-23)21-20(24)15-11-16(25-2)19(17(12-15)26-3)27-13-14-7-5-4-6-8-14/h4-12H,13H2,1-3H3,(H,21,22,24). The molecule has 3 rings (SSSR count). The largest absolute Gasteiger partial charge is 0.493 e. The molecule has 1 aromatic heterocycles. The molecule has 0 unspecified atom stereocenters. The van der Waals surface area contributed by atoms with Crippen LogP contribution in [0.1, 0.15) is 15.9 Å². The van der Waals surface area contributed by atoms with Gasteiger partial charge in [0, 0.05) is 24.9 Å². The third-order valence-corrected chi connectivity index (χ3v) is 3.90. The number of carbonyl (C=O) groups is 1. The molecule has 0 bridgehead atoms. The number of hydrogen-bond acceptors (Lipinski definition) is 5. The summed E-state index contributed by atoms with van der Waals surface area (Å²) in [5, 5.41) is 6.88. The number of aromatic nitrogens is 2. The fraction of sp³-hybridized carbons (Fsp3) is 0.200. The van der Waals surface area contributed by atoms with Crippen molar-refractivity contribution in [2.24, 2.45) is 7.05 Å². The van der Waals surface area contributed by atoms with E-state index in [1.807, 2.05) is 30.3 Å². The van der Waals surface area contributed by atoms with Gasteiger partial charge in [-0.05, 0) is 17.7 Å². The highest BCUT2D eigenvalue weighted by Gasteiger charge is 2.18. The highest BCUT2D eigenvalue weighted by Crippen LogP contribution is 2.39. The van der Waals surface area contributed by atoms with E-state index >= 15 is 0 Å². The summed E-state index contributed by atoms with van der Waals surface area (Å²) in [6.07, 6.45) is 1.75. The van der Waals surface area contributed by atoms with E-state index in [4.69, 9.17) is 14.2 Å². The molecule has 3 aromatic rings. The number of nitrogens with zero attached hydrogens (tertiary/aromatic N) is 2. The van der Waals surface area contributed by atoms with E-state index in [2.05, 4.69) is 10.4 Å². The lowest BCUT2D eigenvalue weighted by Crippen LogP contribution is -2.13. The van der Waals surface area contributed by atoms with Gasteiger partial charge in [-0.15, -0.1) is 0 Å². The van der Waals surface area contributed by atoms with Crippen LogP contribution < -0.4 is 19.5 Å². The monoisotopic (exact) mass is 367 g/mol. The zero-order chi connectivity index (χ0) is 19.2. The SMILES string of the molecule is COc1cc(C(=O)Nc2ccn(C)n2)cc(OC)c1OCc1ccccc1. The fourth-order valence-electron chi connectivity index (χ4n) is 2.55. The van der Waals surface area contributed by atoms with Gasteiger partial charge in [-0.3, -0.25) is 9.48 Å². The topological polar surface area (TPSA) is 74.6 Å². The molecular formula is C20H21N3O4. The molecule has 0 aliphatic rings. The van der Waals surface area contributed by atoms with E-state index in [0.717, 1.165) is 5.56 Å². The highest BCUT2D eigenvalue weighted by molar-refractivity contribution is 6.04. The zero-order valence-corrected chi connectivity index (χ0v) is 15.4. The first-order valence-electron chi connectivity index (χ1n) is 8.34. The predicted molar refractivity (Wildman–Crippen MR) is 101 cm³/mol. The van der Waals surface area contributed by atoms with E-state index in [1.165, 1.54) is 14.2 Å². The Hall–Kier alpha value is -3.48. The first kappa shape index (κ1) is 18.3. The normalized spacial score (nSPS) is 10.3. The summed E-state index contributed by atoms with van der Waals surface area (Å²) < 4.78 is 18.3. The minimum atomic E-state index is -0.320. The van der Waals surface area contributed by atoms with Crippen LogP contribution in [0.15, 0.2) is 54.7 Å². The Labute approximate surface area is 157 Å². The maximum atomic E-state index is 12.5. The zero-order valence-electron chi connectivity index (χ0n) is 15.4. The second-order valence-corrected chi connectivity index (χ2v) is 5.81. The van der Waals surface area contributed by atoms with Crippen LogP contribution in [0, 0.1) is 0 Å². The quantitative estimate of drug-likeness (QED) is 0.694. The highest BCUT2D eigenvalue weighted by atomic mass is 16.5. The van der Waals surface area contributed by atoms with Crippen LogP contribution in [0.4, 0.5) is 5.82 Å². The summed E-state index contributed by atoms with van der Waals surface area (Å²) >= 11 is 0. The second-order valence-electron chi connectivity index (χ2n) is 5.81. The van der Waals surface area contributed by atoms with E-state index in [-0.39, 0.29) is 5.91 Å². The molecule has 1 N–H and O–H groups in total. The van der Waals surface area contributed by atoms with Crippen molar-refractivity contribution in [1.29, 1.82) is 0 Å².